The van der Waals surface area contributed by atoms with E-state index in [2.05, 4.69) is 29.9 Å². The van der Waals surface area contributed by atoms with Gasteiger partial charge in [0.15, 0.2) is 0 Å². The van der Waals surface area contributed by atoms with E-state index < -0.39 is 14.8 Å². The molecule has 0 unspecified atom stereocenters. The van der Waals surface area contributed by atoms with Crippen LogP contribution in [-0.2, 0) is 0 Å². The Morgan fingerprint density at radius 3 is 0.649 bits per heavy atom. The molecule has 0 saturated heterocycles. The summed E-state index contributed by atoms with van der Waals surface area (Å²) in [6, 6.07) is 61.4. The molecule has 2 aliphatic rings. The van der Waals surface area contributed by atoms with Crippen LogP contribution >= 0.6 is 0 Å². The Morgan fingerprint density at radius 1 is 0.234 bits per heavy atom. The molecular weight excluding hydrogens is 1200 g/mol. The largest absolute Gasteiger partial charge is 0.354 e. The Hall–Kier alpha value is -13.2. The third-order valence-corrected chi connectivity index (χ3v) is 16.7. The number of nitrogens with one attached hydrogen (secondary N) is 6. The normalized spacial score (nSPS) is 11.7. The van der Waals surface area contributed by atoms with Crippen LogP contribution in [0.15, 0.2) is 218 Å². The number of H-pyrrole nitrogens is 6. The second-order valence-corrected chi connectivity index (χ2v) is 22.3. The molecule has 454 valence electrons. The van der Waals surface area contributed by atoms with Crippen molar-refractivity contribution >= 4 is 108 Å². The predicted molar refractivity (Wildman–Crippen MR) is 363 cm³/mol. The molecule has 0 atom stereocenters. The van der Waals surface area contributed by atoms with Crippen LogP contribution in [0, 0.1) is 47.8 Å². The molecule has 2 aliphatic heterocycles. The second kappa shape index (κ2) is 23.3. The van der Waals surface area contributed by atoms with Crippen LogP contribution in [0.2, 0.25) is 0 Å². The Bertz CT molecular complexity index is 5730. The molecule has 0 amide bonds. The Morgan fingerprint density at radius 2 is 0.415 bits per heavy atom. The summed E-state index contributed by atoms with van der Waals surface area (Å²) in [4.78, 5) is 64.2. The number of fused-ring (bicyclic) bond motifs is 18. The number of nitro benzene ring substituents is 3. The summed E-state index contributed by atoms with van der Waals surface area (Å²) in [6.45, 7) is 0. The van der Waals surface area contributed by atoms with E-state index in [-0.39, 0.29) is 34.5 Å². The van der Waals surface area contributed by atoms with Crippen LogP contribution in [0.3, 0.4) is 0 Å². The van der Waals surface area contributed by atoms with Crippen molar-refractivity contribution in [3.63, 3.8) is 0 Å². The number of hydrogen-bond donors (Lipinski definition) is 6. The summed E-state index contributed by atoms with van der Waals surface area (Å²) < 4.78 is 41.9. The lowest BCUT2D eigenvalue weighted by atomic mass is 10.0. The number of non-ortho nitro benzene ring substituents is 3. The number of halogens is 3. The van der Waals surface area contributed by atoms with Gasteiger partial charge in [-0.3, -0.25) is 30.3 Å². The molecule has 6 aromatic carbocycles. The van der Waals surface area contributed by atoms with Gasteiger partial charge in [-0.15, -0.1) is 0 Å². The minimum Gasteiger partial charge on any atom is -0.354 e. The number of aromatic nitrogens is 8. The molecular formula is C74H46F3N11O6. The first-order valence-corrected chi connectivity index (χ1v) is 29.4. The quantitative estimate of drug-likeness (QED) is 0.0597. The third-order valence-electron chi connectivity index (χ3n) is 16.7. The number of benzene rings is 6. The number of nitrogens with zero attached hydrogens (tertiary/aromatic N) is 5. The molecule has 6 N–H and O–H groups in total. The Labute approximate surface area is 528 Å². The predicted octanol–water partition coefficient (Wildman–Crippen LogP) is 19.5. The summed E-state index contributed by atoms with van der Waals surface area (Å²) >= 11 is 0. The van der Waals surface area contributed by atoms with Crippen LogP contribution in [0.5, 0.6) is 0 Å². The van der Waals surface area contributed by atoms with Crippen molar-refractivity contribution in [3.8, 4) is 66.8 Å². The fraction of sp³-hybridized carbons (Fsp3) is 0. The van der Waals surface area contributed by atoms with Gasteiger partial charge in [-0.05, 0) is 203 Å². The van der Waals surface area contributed by atoms with Gasteiger partial charge in [-0.1, -0.05) is 36.4 Å². The van der Waals surface area contributed by atoms with Crippen LogP contribution in [0.1, 0.15) is 22.8 Å². The maximum absolute atomic E-state index is 14.0. The van der Waals surface area contributed by atoms with E-state index in [0.29, 0.717) is 44.6 Å². The van der Waals surface area contributed by atoms with E-state index in [1.807, 2.05) is 97.1 Å². The summed E-state index contributed by atoms with van der Waals surface area (Å²) in [5.41, 5.74) is 21.1. The maximum atomic E-state index is 14.0. The van der Waals surface area contributed by atoms with Crippen molar-refractivity contribution in [1.29, 1.82) is 0 Å². The van der Waals surface area contributed by atoms with Gasteiger partial charge in [0.25, 0.3) is 17.1 Å². The molecule has 94 heavy (non-hydrogen) atoms. The number of rotatable bonds is 9. The lowest BCUT2D eigenvalue weighted by molar-refractivity contribution is -0.385. The highest BCUT2D eigenvalue weighted by atomic mass is 19.1. The minimum absolute atomic E-state index is 0.0317. The highest BCUT2D eigenvalue weighted by Crippen LogP contribution is 2.40. The van der Waals surface area contributed by atoms with Crippen LogP contribution in [0.4, 0.5) is 30.2 Å². The summed E-state index contributed by atoms with van der Waals surface area (Å²) in [7, 11) is 0. The van der Waals surface area contributed by atoms with Crippen LogP contribution in [0.25, 0.3) is 157 Å². The molecule has 16 bridgehead atoms. The van der Waals surface area contributed by atoms with Gasteiger partial charge in [0, 0.05) is 125 Å². The van der Waals surface area contributed by atoms with E-state index in [1.54, 1.807) is 72.8 Å². The standard InChI is InChI=1S/C37H23F3N4.C37H23N7O6/c38-24-7-1-21(2-8-24)35-29-15-13-27(41-29)28-14-16-30(42-28)36(22-3-9-25(39)10-4-22)32-18-20-34(44-32)37(33-19-17-31(35)43-33)23-5-11-26(40)12-6-23;45-42(46)24-7-1-21(2-8-24)35-29-15-13-27(38-29)28-14-16-30(39-28)36(22-3-9-25(10-4-22)43(47)48)32-18-20-34(41-32)37(33-19-17-31(35)40-33)23-5-11-26(12-6-23)44(49)50/h1-20,41,43-44H;1-20,38,40-41H. The number of nitro groups is 3. The van der Waals surface area contributed by atoms with Crippen molar-refractivity contribution in [3.05, 3.63) is 289 Å². The first-order chi connectivity index (χ1) is 45.7. The Balaban J connectivity index is 0.000000156. The number of aromatic amines is 6. The maximum Gasteiger partial charge on any atom is 0.269 e. The summed E-state index contributed by atoms with van der Waals surface area (Å²) in [5, 5.41) is 34.4. The summed E-state index contributed by atoms with van der Waals surface area (Å²) in [6.07, 6.45) is 7.67. The second-order valence-electron chi connectivity index (χ2n) is 22.3. The fourth-order valence-corrected chi connectivity index (χ4v) is 12.2. The van der Waals surface area contributed by atoms with Crippen LogP contribution < -0.4 is 0 Å². The van der Waals surface area contributed by atoms with Gasteiger partial charge in [-0.2, -0.15) is 0 Å². The molecule has 8 aromatic heterocycles. The lowest BCUT2D eigenvalue weighted by Gasteiger charge is -2.05. The zero-order chi connectivity index (χ0) is 64.3. The molecule has 0 spiro atoms. The van der Waals surface area contributed by atoms with Crippen molar-refractivity contribution < 1.29 is 27.9 Å². The molecule has 0 saturated carbocycles. The molecule has 17 nitrogen and oxygen atoms in total. The van der Waals surface area contributed by atoms with Crippen molar-refractivity contribution in [2.45, 2.75) is 0 Å². The molecule has 0 radical (unpaired) electrons. The highest BCUT2D eigenvalue weighted by molar-refractivity contribution is 6.03. The van der Waals surface area contributed by atoms with Crippen molar-refractivity contribution in [2.24, 2.45) is 0 Å². The summed E-state index contributed by atoms with van der Waals surface area (Å²) in [5.74, 6) is -0.969. The van der Waals surface area contributed by atoms with Gasteiger partial charge in [0.2, 0.25) is 0 Å². The Kier molecular flexibility index (Phi) is 14.2. The zero-order valence-electron chi connectivity index (χ0n) is 48.9. The molecule has 14 aromatic rings. The van der Waals surface area contributed by atoms with Gasteiger partial charge in [0.05, 0.1) is 48.6 Å². The fourth-order valence-electron chi connectivity index (χ4n) is 12.2. The first kappa shape index (κ1) is 57.2. The molecule has 0 aliphatic carbocycles. The van der Waals surface area contributed by atoms with E-state index in [9.17, 15) is 43.5 Å². The van der Waals surface area contributed by atoms with E-state index in [0.717, 1.165) is 111 Å². The number of hydrogen-bond acceptors (Lipinski definition) is 8. The minimum atomic E-state index is -0.451. The zero-order valence-corrected chi connectivity index (χ0v) is 48.9. The average Bonchev–Trinajstić information content (AvgIpc) is 1.67. The highest BCUT2D eigenvalue weighted by Gasteiger charge is 2.20. The van der Waals surface area contributed by atoms with Crippen molar-refractivity contribution in [1.82, 2.24) is 39.9 Å². The first-order valence-electron chi connectivity index (χ1n) is 29.4. The van der Waals surface area contributed by atoms with E-state index in [4.69, 9.17) is 9.97 Å². The van der Waals surface area contributed by atoms with Gasteiger partial charge < -0.3 is 29.9 Å². The average molecular weight is 1240 g/mol. The molecule has 10 heterocycles. The van der Waals surface area contributed by atoms with Gasteiger partial charge >= 0.3 is 0 Å². The SMILES string of the molecule is Fc1ccc(-c2c3nc(c4ccc([nH]4)c(-c4ccc(F)cc4)c4ccc([nH]4)c(-c4ccc(F)cc4)c4ccc2[nH]4)C=C3)cc1.O=[N+]([O-])c1ccc(-c2c3nc(c4ccc([nH]4)c(-c4ccc([N+](=O)[O-])cc4)c4ccc([nH]4)c(-c4ccc([N+](=O)[O-])cc4)c4ccc2[nH]4)C=C3)cc1. The van der Waals surface area contributed by atoms with Crippen LogP contribution in [-0.4, -0.2) is 54.6 Å². The van der Waals surface area contributed by atoms with Gasteiger partial charge in [-0.25, -0.2) is 23.1 Å². The van der Waals surface area contributed by atoms with E-state index in [1.165, 1.54) is 72.8 Å². The van der Waals surface area contributed by atoms with Gasteiger partial charge in [0.1, 0.15) is 17.5 Å². The smallest absolute Gasteiger partial charge is 0.269 e. The monoisotopic (exact) mass is 1240 g/mol. The topological polar surface area (TPSA) is 250 Å². The molecule has 16 rings (SSSR count). The molecule has 20 heteroatoms. The molecule has 0 fully saturated rings. The van der Waals surface area contributed by atoms with Crippen molar-refractivity contribution in [2.75, 3.05) is 0 Å². The lowest BCUT2D eigenvalue weighted by Crippen LogP contribution is -1.89. The van der Waals surface area contributed by atoms with E-state index >= 15 is 0 Å². The third kappa shape index (κ3) is 10.7.